The van der Waals surface area contributed by atoms with Gasteiger partial charge in [0.25, 0.3) is 5.91 Å². The molecule has 2 heterocycles. The van der Waals surface area contributed by atoms with Crippen LogP contribution in [0, 0.1) is 0 Å². The van der Waals surface area contributed by atoms with Gasteiger partial charge >= 0.3 is 0 Å². The molecule has 1 aliphatic heterocycles. The summed E-state index contributed by atoms with van der Waals surface area (Å²) in [6.07, 6.45) is 1.55. The van der Waals surface area contributed by atoms with Crippen LogP contribution in [-0.2, 0) is 21.3 Å². The maximum absolute atomic E-state index is 13.4. The Labute approximate surface area is 175 Å². The summed E-state index contributed by atoms with van der Waals surface area (Å²) in [4.78, 5) is 15.0. The van der Waals surface area contributed by atoms with Crippen LogP contribution >= 0.6 is 0 Å². The normalized spacial score (nSPS) is 15.1. The fourth-order valence-corrected chi connectivity index (χ4v) is 4.78. The Morgan fingerprint density at radius 3 is 2.43 bits per heavy atom. The number of nitrogens with zero attached hydrogens (tertiary/aromatic N) is 2. The molecule has 1 saturated heterocycles. The standard InChI is InChI=1S/C22H22N2O5S/c25-22(24(17-20-9-5-13-29-20)19-7-2-1-3-8-19)18-6-4-10-21(16-18)30(26,27)23-11-14-28-15-12-23/h1-10,13,16H,11-12,14-15,17H2. The first-order valence-electron chi connectivity index (χ1n) is 9.63. The fourth-order valence-electron chi connectivity index (χ4n) is 3.33. The minimum Gasteiger partial charge on any atom is -0.467 e. The van der Waals surface area contributed by atoms with E-state index in [1.165, 1.54) is 16.4 Å². The van der Waals surface area contributed by atoms with Gasteiger partial charge in [0.1, 0.15) is 5.76 Å². The monoisotopic (exact) mass is 426 g/mol. The summed E-state index contributed by atoms with van der Waals surface area (Å²) in [5.74, 6) is 0.320. The van der Waals surface area contributed by atoms with Crippen LogP contribution in [0.3, 0.4) is 0 Å². The predicted octanol–water partition coefficient (Wildman–Crippen LogP) is 3.15. The number of para-hydroxylation sites is 1. The Bertz CT molecular complexity index is 1090. The van der Waals surface area contributed by atoms with E-state index < -0.39 is 10.0 Å². The zero-order valence-electron chi connectivity index (χ0n) is 16.3. The SMILES string of the molecule is O=C(c1cccc(S(=O)(=O)N2CCOCC2)c1)N(Cc1ccco1)c1ccccc1. The minimum atomic E-state index is -3.69. The molecule has 0 bridgehead atoms. The number of hydrogen-bond acceptors (Lipinski definition) is 5. The number of benzene rings is 2. The number of rotatable bonds is 6. The van der Waals surface area contributed by atoms with Gasteiger partial charge in [0.05, 0.1) is 30.9 Å². The van der Waals surface area contributed by atoms with Gasteiger partial charge in [0.2, 0.25) is 10.0 Å². The van der Waals surface area contributed by atoms with Gasteiger partial charge in [-0.1, -0.05) is 24.3 Å². The molecule has 0 atom stereocenters. The van der Waals surface area contributed by atoms with Crippen molar-refractivity contribution < 1.29 is 22.4 Å². The van der Waals surface area contributed by atoms with Crippen molar-refractivity contribution in [3.05, 3.63) is 84.3 Å². The minimum absolute atomic E-state index is 0.0984. The van der Waals surface area contributed by atoms with Crippen molar-refractivity contribution in [2.24, 2.45) is 0 Å². The molecule has 0 aliphatic carbocycles. The molecule has 7 nitrogen and oxygen atoms in total. The first-order chi connectivity index (χ1) is 14.6. The van der Waals surface area contributed by atoms with Crippen LogP contribution in [0.25, 0.3) is 0 Å². The van der Waals surface area contributed by atoms with Crippen LogP contribution in [0.4, 0.5) is 5.69 Å². The third kappa shape index (κ3) is 4.30. The molecule has 2 aromatic carbocycles. The molecule has 0 unspecified atom stereocenters. The quantitative estimate of drug-likeness (QED) is 0.605. The van der Waals surface area contributed by atoms with Crippen molar-refractivity contribution in [3.8, 4) is 0 Å². The van der Waals surface area contributed by atoms with Gasteiger partial charge < -0.3 is 14.1 Å². The Kier molecular flexibility index (Phi) is 5.98. The highest BCUT2D eigenvalue weighted by Gasteiger charge is 2.28. The number of carbonyl (C=O) groups excluding carboxylic acids is 1. The first kappa shape index (κ1) is 20.3. The third-order valence-electron chi connectivity index (χ3n) is 4.90. The zero-order chi connectivity index (χ0) is 21.0. The number of sulfonamides is 1. The van der Waals surface area contributed by atoms with Gasteiger partial charge in [-0.15, -0.1) is 0 Å². The van der Waals surface area contributed by atoms with E-state index in [2.05, 4.69) is 0 Å². The summed E-state index contributed by atoms with van der Waals surface area (Å²) in [7, 11) is -3.69. The second kappa shape index (κ2) is 8.83. The van der Waals surface area contributed by atoms with E-state index in [1.807, 2.05) is 30.3 Å². The third-order valence-corrected chi connectivity index (χ3v) is 6.79. The molecule has 0 radical (unpaired) electrons. The van der Waals surface area contributed by atoms with Crippen molar-refractivity contribution in [3.63, 3.8) is 0 Å². The number of morpholine rings is 1. The van der Waals surface area contributed by atoms with Crippen molar-refractivity contribution >= 4 is 21.6 Å². The number of carbonyl (C=O) groups is 1. The molecule has 1 aliphatic rings. The second-order valence-corrected chi connectivity index (χ2v) is 8.79. The van der Waals surface area contributed by atoms with E-state index in [-0.39, 0.29) is 17.3 Å². The molecular formula is C22H22N2O5S. The van der Waals surface area contributed by atoms with Crippen molar-refractivity contribution in [2.75, 3.05) is 31.2 Å². The highest BCUT2D eigenvalue weighted by Crippen LogP contribution is 2.23. The van der Waals surface area contributed by atoms with Crippen molar-refractivity contribution in [1.82, 2.24) is 4.31 Å². The summed E-state index contributed by atoms with van der Waals surface area (Å²) in [6, 6.07) is 18.9. The lowest BCUT2D eigenvalue weighted by Gasteiger charge is -2.26. The molecule has 0 spiro atoms. The Hall–Kier alpha value is -2.94. The molecule has 156 valence electrons. The summed E-state index contributed by atoms with van der Waals surface area (Å²) in [5, 5.41) is 0. The van der Waals surface area contributed by atoms with E-state index in [0.29, 0.717) is 43.3 Å². The molecule has 8 heteroatoms. The van der Waals surface area contributed by atoms with Gasteiger partial charge in [-0.2, -0.15) is 4.31 Å². The van der Waals surface area contributed by atoms with Gasteiger partial charge in [0, 0.05) is 24.3 Å². The molecule has 4 rings (SSSR count). The molecule has 1 fully saturated rings. The number of amides is 1. The first-order valence-corrected chi connectivity index (χ1v) is 11.1. The van der Waals surface area contributed by atoms with E-state index in [1.54, 1.807) is 35.4 Å². The average molecular weight is 426 g/mol. The van der Waals surface area contributed by atoms with Crippen molar-refractivity contribution in [2.45, 2.75) is 11.4 Å². The number of furan rings is 1. The van der Waals surface area contributed by atoms with Gasteiger partial charge in [-0.3, -0.25) is 4.79 Å². The Morgan fingerprint density at radius 1 is 0.967 bits per heavy atom. The summed E-state index contributed by atoms with van der Waals surface area (Å²) < 4.78 is 38.0. The van der Waals surface area contributed by atoms with E-state index in [4.69, 9.17) is 9.15 Å². The highest BCUT2D eigenvalue weighted by molar-refractivity contribution is 7.89. The Balaban J connectivity index is 1.66. The molecule has 30 heavy (non-hydrogen) atoms. The fraction of sp³-hybridized carbons (Fsp3) is 0.227. The number of ether oxygens (including phenoxy) is 1. The van der Waals surface area contributed by atoms with Crippen molar-refractivity contribution in [1.29, 1.82) is 0 Å². The van der Waals surface area contributed by atoms with Gasteiger partial charge in [0.15, 0.2) is 0 Å². The van der Waals surface area contributed by atoms with Gasteiger partial charge in [-0.05, 0) is 42.5 Å². The largest absolute Gasteiger partial charge is 0.467 e. The lowest BCUT2D eigenvalue weighted by atomic mass is 10.1. The van der Waals surface area contributed by atoms with Crippen LogP contribution in [0.5, 0.6) is 0 Å². The lowest BCUT2D eigenvalue weighted by Crippen LogP contribution is -2.40. The lowest BCUT2D eigenvalue weighted by molar-refractivity contribution is 0.0730. The van der Waals surface area contributed by atoms with Crippen LogP contribution in [0.1, 0.15) is 16.1 Å². The molecule has 1 aromatic heterocycles. The molecule has 0 saturated carbocycles. The summed E-state index contributed by atoms with van der Waals surface area (Å²) in [6.45, 7) is 1.56. The summed E-state index contributed by atoms with van der Waals surface area (Å²) in [5.41, 5.74) is 0.986. The topological polar surface area (TPSA) is 80.1 Å². The molecule has 3 aromatic rings. The van der Waals surface area contributed by atoms with Gasteiger partial charge in [-0.25, -0.2) is 8.42 Å². The molecule has 1 amide bonds. The van der Waals surface area contributed by atoms with Crippen LogP contribution in [0.15, 0.2) is 82.3 Å². The summed E-state index contributed by atoms with van der Waals surface area (Å²) >= 11 is 0. The highest BCUT2D eigenvalue weighted by atomic mass is 32.2. The maximum atomic E-state index is 13.4. The second-order valence-electron chi connectivity index (χ2n) is 6.85. The smallest absolute Gasteiger partial charge is 0.258 e. The van der Waals surface area contributed by atoms with E-state index in [9.17, 15) is 13.2 Å². The van der Waals surface area contributed by atoms with Crippen LogP contribution in [0.2, 0.25) is 0 Å². The zero-order valence-corrected chi connectivity index (χ0v) is 17.1. The van der Waals surface area contributed by atoms with E-state index >= 15 is 0 Å². The number of anilines is 1. The Morgan fingerprint density at radius 2 is 1.73 bits per heavy atom. The van der Waals surface area contributed by atoms with Crippen LogP contribution in [-0.4, -0.2) is 44.9 Å². The van der Waals surface area contributed by atoms with Crippen LogP contribution < -0.4 is 4.90 Å². The van der Waals surface area contributed by atoms with E-state index in [0.717, 1.165) is 0 Å². The maximum Gasteiger partial charge on any atom is 0.258 e. The molecule has 0 N–H and O–H groups in total. The predicted molar refractivity (Wildman–Crippen MR) is 112 cm³/mol. The molecular weight excluding hydrogens is 404 g/mol. The number of hydrogen-bond donors (Lipinski definition) is 0. The average Bonchev–Trinajstić information content (AvgIpc) is 3.32.